The van der Waals surface area contributed by atoms with Crippen LogP contribution in [0.2, 0.25) is 0 Å². The largest absolute Gasteiger partial charge is 0.508 e. The molecule has 4 nitrogen and oxygen atoms in total. The zero-order valence-electron chi connectivity index (χ0n) is 14.7. The number of carboxylic acid groups (broad SMARTS) is 1. The fourth-order valence-electron chi connectivity index (χ4n) is 3.12. The Morgan fingerprint density at radius 3 is 2.14 bits per heavy atom. The first-order chi connectivity index (χ1) is 13.5. The van der Waals surface area contributed by atoms with E-state index in [-0.39, 0.29) is 11.5 Å². The van der Waals surface area contributed by atoms with Gasteiger partial charge in [-0.25, -0.2) is 4.79 Å². The van der Waals surface area contributed by atoms with Gasteiger partial charge in [0.2, 0.25) is 0 Å². The van der Waals surface area contributed by atoms with E-state index in [9.17, 15) is 15.0 Å². The topological polar surface area (TPSA) is 77.8 Å². The van der Waals surface area contributed by atoms with E-state index in [1.54, 1.807) is 41.7 Å². The van der Waals surface area contributed by atoms with Gasteiger partial charge in [-0.15, -0.1) is 11.3 Å². The zero-order chi connectivity index (χ0) is 19.7. The Bertz CT molecular complexity index is 1190. The van der Waals surface area contributed by atoms with Crippen molar-refractivity contribution in [2.75, 3.05) is 0 Å². The third-order valence-corrected chi connectivity index (χ3v) is 5.62. The van der Waals surface area contributed by atoms with Crippen LogP contribution in [-0.2, 0) is 4.79 Å². The van der Waals surface area contributed by atoms with E-state index in [0.717, 1.165) is 43.3 Å². The van der Waals surface area contributed by atoms with Gasteiger partial charge in [-0.05, 0) is 65.2 Å². The van der Waals surface area contributed by atoms with Crippen LogP contribution < -0.4 is 0 Å². The number of carboxylic acids is 1. The SMILES string of the molecule is O=C(O)/C=C/c1ccc(-c2c(-c3ccc(O)cc3)sc3cc(O)ccc23)cc1. The first-order valence-corrected chi connectivity index (χ1v) is 9.39. The van der Waals surface area contributed by atoms with Crippen LogP contribution >= 0.6 is 11.3 Å². The predicted octanol–water partition coefficient (Wildman–Crippen LogP) is 5.74. The highest BCUT2D eigenvalue weighted by Crippen LogP contribution is 2.45. The zero-order valence-corrected chi connectivity index (χ0v) is 15.5. The smallest absolute Gasteiger partial charge is 0.328 e. The fraction of sp³-hybridized carbons (Fsp3) is 0. The van der Waals surface area contributed by atoms with Gasteiger partial charge in [-0.2, -0.15) is 0 Å². The monoisotopic (exact) mass is 388 g/mol. The molecule has 0 bridgehead atoms. The number of rotatable bonds is 4. The van der Waals surface area contributed by atoms with Crippen molar-refractivity contribution < 1.29 is 20.1 Å². The first-order valence-electron chi connectivity index (χ1n) is 8.57. The van der Waals surface area contributed by atoms with Crippen molar-refractivity contribution >= 4 is 33.5 Å². The number of thiophene rings is 1. The average Bonchev–Trinajstić information content (AvgIpc) is 3.05. The summed E-state index contributed by atoms with van der Waals surface area (Å²) in [4.78, 5) is 11.7. The molecule has 1 heterocycles. The summed E-state index contributed by atoms with van der Waals surface area (Å²) in [6.07, 6.45) is 2.66. The Morgan fingerprint density at radius 2 is 1.46 bits per heavy atom. The number of aliphatic carboxylic acids is 1. The highest BCUT2D eigenvalue weighted by Gasteiger charge is 2.16. The van der Waals surface area contributed by atoms with Gasteiger partial charge in [-0.3, -0.25) is 0 Å². The molecule has 4 aromatic rings. The fourth-order valence-corrected chi connectivity index (χ4v) is 4.38. The summed E-state index contributed by atoms with van der Waals surface area (Å²) in [5.41, 5.74) is 3.81. The van der Waals surface area contributed by atoms with Gasteiger partial charge in [0, 0.05) is 26.6 Å². The van der Waals surface area contributed by atoms with Crippen LogP contribution in [0, 0.1) is 0 Å². The highest BCUT2D eigenvalue weighted by atomic mass is 32.1. The highest BCUT2D eigenvalue weighted by molar-refractivity contribution is 7.23. The summed E-state index contributed by atoms with van der Waals surface area (Å²) in [5.74, 6) is -0.562. The molecule has 0 aliphatic heterocycles. The first kappa shape index (κ1) is 17.8. The maximum Gasteiger partial charge on any atom is 0.328 e. The molecule has 3 aromatic carbocycles. The lowest BCUT2D eigenvalue weighted by Crippen LogP contribution is -1.86. The Kier molecular flexibility index (Phi) is 4.59. The van der Waals surface area contributed by atoms with Crippen molar-refractivity contribution in [1.29, 1.82) is 0 Å². The molecule has 5 heteroatoms. The lowest BCUT2D eigenvalue weighted by molar-refractivity contribution is -0.131. The summed E-state index contributed by atoms with van der Waals surface area (Å²) in [6, 6.07) is 20.0. The van der Waals surface area contributed by atoms with Crippen molar-refractivity contribution in [3.63, 3.8) is 0 Å². The Labute approximate surface area is 165 Å². The quantitative estimate of drug-likeness (QED) is 0.389. The minimum atomic E-state index is -0.984. The summed E-state index contributed by atoms with van der Waals surface area (Å²) in [6.45, 7) is 0. The molecule has 0 fully saturated rings. The van der Waals surface area contributed by atoms with Crippen LogP contribution in [0.25, 0.3) is 37.7 Å². The second-order valence-corrected chi connectivity index (χ2v) is 7.38. The predicted molar refractivity (Wildman–Crippen MR) is 113 cm³/mol. The van der Waals surface area contributed by atoms with Gasteiger partial charge in [0.25, 0.3) is 0 Å². The molecule has 0 aliphatic carbocycles. The number of aromatic hydroxyl groups is 2. The number of hydrogen-bond donors (Lipinski definition) is 3. The molecule has 0 spiro atoms. The Hall–Kier alpha value is -3.57. The van der Waals surface area contributed by atoms with Gasteiger partial charge >= 0.3 is 5.97 Å². The molecule has 28 heavy (non-hydrogen) atoms. The lowest BCUT2D eigenvalue weighted by atomic mass is 9.97. The number of fused-ring (bicyclic) bond motifs is 1. The molecular weight excluding hydrogens is 372 g/mol. The maximum absolute atomic E-state index is 10.7. The van der Waals surface area contributed by atoms with Crippen LogP contribution in [0.1, 0.15) is 5.56 Å². The summed E-state index contributed by atoms with van der Waals surface area (Å²) < 4.78 is 0.966. The van der Waals surface area contributed by atoms with Crippen molar-refractivity contribution in [1.82, 2.24) is 0 Å². The normalized spacial score (nSPS) is 11.3. The van der Waals surface area contributed by atoms with E-state index >= 15 is 0 Å². The number of phenols is 2. The molecule has 4 rings (SSSR count). The van der Waals surface area contributed by atoms with Gasteiger partial charge in [0.05, 0.1) is 0 Å². The van der Waals surface area contributed by atoms with Crippen molar-refractivity contribution in [2.24, 2.45) is 0 Å². The molecule has 0 atom stereocenters. The van der Waals surface area contributed by atoms with E-state index < -0.39 is 5.97 Å². The lowest BCUT2D eigenvalue weighted by Gasteiger charge is -2.07. The molecule has 0 radical (unpaired) electrons. The van der Waals surface area contributed by atoms with Crippen LogP contribution in [-0.4, -0.2) is 21.3 Å². The van der Waals surface area contributed by atoms with Crippen molar-refractivity contribution in [3.05, 3.63) is 78.4 Å². The van der Waals surface area contributed by atoms with Gasteiger partial charge in [0.15, 0.2) is 0 Å². The molecule has 0 saturated carbocycles. The van der Waals surface area contributed by atoms with Gasteiger partial charge in [0.1, 0.15) is 11.5 Å². The maximum atomic E-state index is 10.7. The van der Waals surface area contributed by atoms with Gasteiger partial charge in [-0.1, -0.05) is 24.3 Å². The molecule has 0 unspecified atom stereocenters. The molecule has 0 amide bonds. The molecule has 0 saturated heterocycles. The molecule has 1 aromatic heterocycles. The molecule has 138 valence electrons. The number of benzene rings is 3. The van der Waals surface area contributed by atoms with Crippen LogP contribution in [0.5, 0.6) is 11.5 Å². The van der Waals surface area contributed by atoms with Crippen LogP contribution in [0.4, 0.5) is 0 Å². The van der Waals surface area contributed by atoms with E-state index in [1.807, 2.05) is 42.5 Å². The Morgan fingerprint density at radius 1 is 0.821 bits per heavy atom. The van der Waals surface area contributed by atoms with E-state index in [0.29, 0.717) is 0 Å². The summed E-state index contributed by atoms with van der Waals surface area (Å²) in [5, 5.41) is 29.3. The Balaban J connectivity index is 1.88. The second-order valence-electron chi connectivity index (χ2n) is 6.33. The number of phenolic OH excluding ortho intramolecular Hbond substituents is 2. The van der Waals surface area contributed by atoms with Crippen molar-refractivity contribution in [2.45, 2.75) is 0 Å². The second kappa shape index (κ2) is 7.21. The van der Waals surface area contributed by atoms with Gasteiger partial charge < -0.3 is 15.3 Å². The summed E-state index contributed by atoms with van der Waals surface area (Å²) >= 11 is 1.58. The van der Waals surface area contributed by atoms with E-state index in [2.05, 4.69) is 0 Å². The summed E-state index contributed by atoms with van der Waals surface area (Å²) in [7, 11) is 0. The van der Waals surface area contributed by atoms with E-state index in [4.69, 9.17) is 5.11 Å². The van der Waals surface area contributed by atoms with E-state index in [1.165, 1.54) is 0 Å². The standard InChI is InChI=1S/C23H16O4S/c24-17-8-6-16(7-9-17)23-22(19-11-10-18(25)13-20(19)28-23)15-4-1-14(2-5-15)3-12-21(26)27/h1-13,24-25H,(H,26,27)/b12-3+. The number of carbonyl (C=O) groups is 1. The third-order valence-electron chi connectivity index (χ3n) is 4.42. The number of hydrogen-bond acceptors (Lipinski definition) is 4. The average molecular weight is 388 g/mol. The molecule has 3 N–H and O–H groups in total. The minimum Gasteiger partial charge on any atom is -0.508 e. The minimum absolute atomic E-state index is 0.207. The van der Waals surface area contributed by atoms with Crippen LogP contribution in [0.15, 0.2) is 72.8 Å². The van der Waals surface area contributed by atoms with Crippen molar-refractivity contribution in [3.8, 4) is 33.1 Å². The molecular formula is C23H16O4S. The van der Waals surface area contributed by atoms with Crippen LogP contribution in [0.3, 0.4) is 0 Å². The molecule has 0 aliphatic rings. The third kappa shape index (κ3) is 3.48.